The molecule has 0 bridgehead atoms. The first-order chi connectivity index (χ1) is 17.2. The number of amides is 1. The van der Waals surface area contributed by atoms with Gasteiger partial charge in [0, 0.05) is 25.3 Å². The van der Waals surface area contributed by atoms with Crippen molar-refractivity contribution in [1.29, 1.82) is 0 Å². The average molecular weight is 477 g/mol. The van der Waals surface area contributed by atoms with Crippen molar-refractivity contribution in [2.45, 2.75) is 32.7 Å². The summed E-state index contributed by atoms with van der Waals surface area (Å²) in [5.41, 5.74) is 2.04. The number of unbranched alkanes of at least 4 members (excludes halogenated alkanes) is 2. The normalized spacial score (nSPS) is 13.5. The molecule has 0 unspecified atom stereocenters. The standard InChI is InChI=1S/C26H32N6O3/c1-3-5-6-12-32-19-27-30-25(32)22-8-7-9-24(28-22)29-26(33)21-18-20(31-13-16-34-17-14-31)10-11-23(21)35-15-4-2/h4,7-11,18-19H,2-3,5-6,12-17H2,1H3,(H,28,29,33). The quantitative estimate of drug-likeness (QED) is 0.328. The minimum absolute atomic E-state index is 0.298. The van der Waals surface area contributed by atoms with Gasteiger partial charge in [0.2, 0.25) is 0 Å². The lowest BCUT2D eigenvalue weighted by atomic mass is 10.1. The summed E-state index contributed by atoms with van der Waals surface area (Å²) in [6, 6.07) is 11.1. The number of nitrogens with one attached hydrogen (secondary N) is 1. The minimum Gasteiger partial charge on any atom is -0.489 e. The van der Waals surface area contributed by atoms with Crippen LogP contribution in [-0.4, -0.2) is 58.6 Å². The zero-order valence-electron chi connectivity index (χ0n) is 20.2. The summed E-state index contributed by atoms with van der Waals surface area (Å²) < 4.78 is 13.2. The zero-order valence-corrected chi connectivity index (χ0v) is 20.2. The number of rotatable bonds is 11. The number of hydrogen-bond donors (Lipinski definition) is 1. The molecule has 3 aromatic rings. The van der Waals surface area contributed by atoms with Crippen molar-refractivity contribution in [2.24, 2.45) is 0 Å². The molecule has 1 aliphatic rings. The number of hydrogen-bond acceptors (Lipinski definition) is 7. The van der Waals surface area contributed by atoms with E-state index in [4.69, 9.17) is 9.47 Å². The van der Waals surface area contributed by atoms with Gasteiger partial charge in [-0.1, -0.05) is 38.5 Å². The van der Waals surface area contributed by atoms with Gasteiger partial charge in [0.25, 0.3) is 5.91 Å². The fraction of sp³-hybridized carbons (Fsp3) is 0.385. The summed E-state index contributed by atoms with van der Waals surface area (Å²) in [6.45, 7) is 9.88. The fourth-order valence-corrected chi connectivity index (χ4v) is 3.95. The number of aromatic nitrogens is 4. The zero-order chi connectivity index (χ0) is 24.5. The smallest absolute Gasteiger partial charge is 0.260 e. The Morgan fingerprint density at radius 3 is 2.89 bits per heavy atom. The predicted octanol–water partition coefficient (Wildman–Crippen LogP) is 4.18. The van der Waals surface area contributed by atoms with Crippen molar-refractivity contribution in [2.75, 3.05) is 43.1 Å². The molecule has 0 saturated carbocycles. The number of benzene rings is 1. The van der Waals surface area contributed by atoms with E-state index < -0.39 is 0 Å². The van der Waals surface area contributed by atoms with Crippen molar-refractivity contribution < 1.29 is 14.3 Å². The number of anilines is 2. The molecule has 4 rings (SSSR count). The van der Waals surface area contributed by atoms with Crippen LogP contribution in [0.2, 0.25) is 0 Å². The Morgan fingerprint density at radius 2 is 2.09 bits per heavy atom. The molecule has 1 fully saturated rings. The van der Waals surface area contributed by atoms with E-state index in [2.05, 4.69) is 38.9 Å². The van der Waals surface area contributed by atoms with Crippen LogP contribution in [0.4, 0.5) is 11.5 Å². The second-order valence-electron chi connectivity index (χ2n) is 8.30. The second kappa shape index (κ2) is 12.1. The van der Waals surface area contributed by atoms with E-state index >= 15 is 0 Å². The lowest BCUT2D eigenvalue weighted by Gasteiger charge is -2.29. The lowest BCUT2D eigenvalue weighted by molar-refractivity contribution is 0.102. The van der Waals surface area contributed by atoms with Crippen LogP contribution in [0.5, 0.6) is 5.75 Å². The number of pyridine rings is 1. The maximum absolute atomic E-state index is 13.3. The summed E-state index contributed by atoms with van der Waals surface area (Å²) in [5.74, 6) is 1.31. The SMILES string of the molecule is C=CCOc1ccc(N2CCOCC2)cc1C(=O)Nc1cccc(-c2nncn2CCCCC)n1. The molecule has 1 amide bonds. The van der Waals surface area contributed by atoms with E-state index in [9.17, 15) is 4.79 Å². The number of ether oxygens (including phenoxy) is 2. The molecule has 3 heterocycles. The molecule has 0 spiro atoms. The molecule has 1 N–H and O–H groups in total. The van der Waals surface area contributed by atoms with Crippen molar-refractivity contribution >= 4 is 17.4 Å². The molecular formula is C26H32N6O3. The molecule has 1 saturated heterocycles. The molecule has 0 aliphatic carbocycles. The monoisotopic (exact) mass is 476 g/mol. The van der Waals surface area contributed by atoms with E-state index in [0.29, 0.717) is 48.5 Å². The van der Waals surface area contributed by atoms with Gasteiger partial charge in [0.15, 0.2) is 5.82 Å². The maximum Gasteiger partial charge on any atom is 0.260 e. The van der Waals surface area contributed by atoms with Gasteiger partial charge >= 0.3 is 0 Å². The first-order valence-electron chi connectivity index (χ1n) is 12.1. The average Bonchev–Trinajstić information content (AvgIpc) is 3.37. The van der Waals surface area contributed by atoms with Crippen LogP contribution >= 0.6 is 0 Å². The number of nitrogens with zero attached hydrogens (tertiary/aromatic N) is 5. The van der Waals surface area contributed by atoms with Crippen LogP contribution in [0.1, 0.15) is 36.5 Å². The summed E-state index contributed by atoms with van der Waals surface area (Å²) >= 11 is 0. The molecule has 1 aromatic carbocycles. The van der Waals surface area contributed by atoms with E-state index in [0.717, 1.165) is 44.6 Å². The highest BCUT2D eigenvalue weighted by Crippen LogP contribution is 2.27. The number of morpholine rings is 1. The van der Waals surface area contributed by atoms with Crippen LogP contribution in [0, 0.1) is 0 Å². The molecule has 2 aromatic heterocycles. The van der Waals surface area contributed by atoms with E-state index in [1.54, 1.807) is 18.5 Å². The highest BCUT2D eigenvalue weighted by atomic mass is 16.5. The Bertz CT molecular complexity index is 1140. The first kappa shape index (κ1) is 24.4. The van der Waals surface area contributed by atoms with Crippen LogP contribution in [-0.2, 0) is 11.3 Å². The predicted molar refractivity (Wildman–Crippen MR) is 136 cm³/mol. The van der Waals surface area contributed by atoms with E-state index in [1.807, 2.05) is 34.9 Å². The van der Waals surface area contributed by atoms with Crippen molar-refractivity contribution in [3.63, 3.8) is 0 Å². The number of carbonyl (C=O) groups excluding carboxylic acids is 1. The molecule has 0 atom stereocenters. The maximum atomic E-state index is 13.3. The minimum atomic E-state index is -0.298. The van der Waals surface area contributed by atoms with Gasteiger partial charge in [-0.15, -0.1) is 10.2 Å². The molecule has 184 valence electrons. The summed E-state index contributed by atoms with van der Waals surface area (Å²) in [4.78, 5) is 20.2. The highest BCUT2D eigenvalue weighted by molar-refractivity contribution is 6.06. The van der Waals surface area contributed by atoms with E-state index in [1.165, 1.54) is 0 Å². The van der Waals surface area contributed by atoms with Crippen LogP contribution in [0.15, 0.2) is 55.4 Å². The topological polar surface area (TPSA) is 94.4 Å². The number of aryl methyl sites for hydroxylation is 1. The van der Waals surface area contributed by atoms with Crippen LogP contribution in [0.25, 0.3) is 11.5 Å². The van der Waals surface area contributed by atoms with Gasteiger partial charge in [0.1, 0.15) is 30.2 Å². The van der Waals surface area contributed by atoms with Crippen LogP contribution < -0.4 is 15.0 Å². The molecular weight excluding hydrogens is 444 g/mol. The van der Waals surface area contributed by atoms with Gasteiger partial charge < -0.3 is 24.3 Å². The van der Waals surface area contributed by atoms with Gasteiger partial charge in [-0.2, -0.15) is 0 Å². The summed E-state index contributed by atoms with van der Waals surface area (Å²) in [7, 11) is 0. The third kappa shape index (κ3) is 6.24. The first-order valence-corrected chi connectivity index (χ1v) is 12.1. The third-order valence-corrected chi connectivity index (χ3v) is 5.78. The second-order valence-corrected chi connectivity index (χ2v) is 8.30. The molecule has 9 heteroatoms. The van der Waals surface area contributed by atoms with Gasteiger partial charge in [-0.25, -0.2) is 4.98 Å². The molecule has 0 radical (unpaired) electrons. The Kier molecular flexibility index (Phi) is 8.45. The number of carbonyl (C=O) groups is 1. The Labute approximate surface area is 205 Å². The van der Waals surface area contributed by atoms with E-state index in [-0.39, 0.29) is 5.91 Å². The Hall–Kier alpha value is -3.72. The van der Waals surface area contributed by atoms with Crippen molar-refractivity contribution in [3.05, 3.63) is 60.9 Å². The van der Waals surface area contributed by atoms with Crippen molar-refractivity contribution in [3.8, 4) is 17.3 Å². The third-order valence-electron chi connectivity index (χ3n) is 5.78. The fourth-order valence-electron chi connectivity index (χ4n) is 3.95. The highest BCUT2D eigenvalue weighted by Gasteiger charge is 2.19. The van der Waals surface area contributed by atoms with Crippen LogP contribution in [0.3, 0.4) is 0 Å². The largest absolute Gasteiger partial charge is 0.489 e. The molecule has 1 aliphatic heterocycles. The Morgan fingerprint density at radius 1 is 1.23 bits per heavy atom. The lowest BCUT2D eigenvalue weighted by Crippen LogP contribution is -2.36. The van der Waals surface area contributed by atoms with Gasteiger partial charge in [-0.3, -0.25) is 4.79 Å². The van der Waals surface area contributed by atoms with Crippen molar-refractivity contribution in [1.82, 2.24) is 19.7 Å². The van der Waals surface area contributed by atoms with Gasteiger partial charge in [0.05, 0.1) is 18.8 Å². The molecule has 9 nitrogen and oxygen atoms in total. The Balaban J connectivity index is 1.55. The summed E-state index contributed by atoms with van der Waals surface area (Å²) in [5, 5.41) is 11.2. The van der Waals surface area contributed by atoms with Gasteiger partial charge in [-0.05, 0) is 36.8 Å². The summed E-state index contributed by atoms with van der Waals surface area (Å²) in [6.07, 6.45) is 6.70. The molecule has 35 heavy (non-hydrogen) atoms.